The predicted molar refractivity (Wildman–Crippen MR) is 74.2 cm³/mol. The van der Waals surface area contributed by atoms with Gasteiger partial charge in [-0.15, -0.1) is 0 Å². The quantitative estimate of drug-likeness (QED) is 0.685. The summed E-state index contributed by atoms with van der Waals surface area (Å²) in [5.41, 5.74) is 1.83. The number of hydrogen-bond acceptors (Lipinski definition) is 1. The van der Waals surface area contributed by atoms with Crippen LogP contribution in [0.2, 0.25) is 5.02 Å². The van der Waals surface area contributed by atoms with E-state index in [0.717, 1.165) is 10.0 Å². The van der Waals surface area contributed by atoms with E-state index in [1.165, 1.54) is 6.07 Å². The van der Waals surface area contributed by atoms with E-state index in [2.05, 4.69) is 25.9 Å². The largest absolute Gasteiger partial charge is 0.338 e. The second-order valence-corrected chi connectivity index (χ2v) is 5.11. The number of H-pyrrole nitrogens is 1. The number of fused-ring (bicyclic) bond motifs is 1. The Kier molecular flexibility index (Phi) is 2.84. The van der Waals surface area contributed by atoms with Gasteiger partial charge >= 0.3 is 0 Å². The lowest BCUT2D eigenvalue weighted by atomic mass is 10.2. The Hall–Kier alpha value is -1.39. The van der Waals surface area contributed by atoms with E-state index in [1.54, 1.807) is 18.2 Å². The standard InChI is InChI=1S/C13H7BrClFN2/c14-8-5-4-7(6-9(8)15)13-17-11-3-1-2-10(16)12(11)18-13/h1-6H,(H,17,18). The third-order valence-electron chi connectivity index (χ3n) is 2.66. The number of aromatic amines is 1. The van der Waals surface area contributed by atoms with Gasteiger partial charge in [0.1, 0.15) is 11.3 Å². The zero-order valence-electron chi connectivity index (χ0n) is 9.05. The fraction of sp³-hybridized carbons (Fsp3) is 0. The summed E-state index contributed by atoms with van der Waals surface area (Å²) in [4.78, 5) is 7.32. The SMILES string of the molecule is Fc1cccc2[nH]c(-c3ccc(Br)c(Cl)c3)nc12. The fourth-order valence-electron chi connectivity index (χ4n) is 1.78. The molecular formula is C13H7BrClFN2. The van der Waals surface area contributed by atoms with Crippen LogP contribution < -0.4 is 0 Å². The summed E-state index contributed by atoms with van der Waals surface area (Å²) in [6.45, 7) is 0. The van der Waals surface area contributed by atoms with Crippen LogP contribution in [0.4, 0.5) is 4.39 Å². The average Bonchev–Trinajstić information content (AvgIpc) is 2.78. The van der Waals surface area contributed by atoms with Crippen molar-refractivity contribution in [1.29, 1.82) is 0 Å². The molecule has 5 heteroatoms. The van der Waals surface area contributed by atoms with Crippen LogP contribution in [-0.4, -0.2) is 9.97 Å². The van der Waals surface area contributed by atoms with E-state index >= 15 is 0 Å². The van der Waals surface area contributed by atoms with E-state index in [9.17, 15) is 4.39 Å². The number of nitrogens with one attached hydrogen (secondary N) is 1. The third kappa shape index (κ3) is 1.91. The molecule has 0 radical (unpaired) electrons. The normalized spacial score (nSPS) is 11.1. The van der Waals surface area contributed by atoms with Gasteiger partial charge in [-0.2, -0.15) is 0 Å². The second kappa shape index (κ2) is 4.37. The molecule has 0 bridgehead atoms. The van der Waals surface area contributed by atoms with Gasteiger partial charge in [0.2, 0.25) is 0 Å². The molecule has 1 aromatic heterocycles. The predicted octanol–water partition coefficient (Wildman–Crippen LogP) is 4.78. The van der Waals surface area contributed by atoms with Crippen molar-refractivity contribution < 1.29 is 4.39 Å². The first-order chi connectivity index (χ1) is 8.65. The number of halogens is 3. The van der Waals surface area contributed by atoms with Crippen molar-refractivity contribution in [2.75, 3.05) is 0 Å². The lowest BCUT2D eigenvalue weighted by Crippen LogP contribution is -1.81. The van der Waals surface area contributed by atoms with Gasteiger partial charge < -0.3 is 4.98 Å². The molecule has 0 spiro atoms. The number of hydrogen-bond donors (Lipinski definition) is 1. The maximum Gasteiger partial charge on any atom is 0.151 e. The van der Waals surface area contributed by atoms with Crippen molar-refractivity contribution in [3.05, 3.63) is 51.7 Å². The molecule has 0 saturated heterocycles. The molecular weight excluding hydrogens is 319 g/mol. The summed E-state index contributed by atoms with van der Waals surface area (Å²) in [5, 5.41) is 0.591. The molecule has 0 fully saturated rings. The molecule has 0 aliphatic heterocycles. The average molecular weight is 326 g/mol. The zero-order valence-corrected chi connectivity index (χ0v) is 11.4. The first kappa shape index (κ1) is 11.7. The van der Waals surface area contributed by atoms with E-state index in [4.69, 9.17) is 11.6 Å². The Labute approximate surface area is 116 Å². The molecule has 90 valence electrons. The maximum atomic E-state index is 13.5. The summed E-state index contributed by atoms with van der Waals surface area (Å²) in [5.74, 6) is 0.266. The Balaban J connectivity index is 2.19. The summed E-state index contributed by atoms with van der Waals surface area (Å²) in [7, 11) is 0. The summed E-state index contributed by atoms with van der Waals surface area (Å²) in [6.07, 6.45) is 0. The highest BCUT2D eigenvalue weighted by Crippen LogP contribution is 2.28. The van der Waals surface area contributed by atoms with Crippen LogP contribution in [0.5, 0.6) is 0 Å². The monoisotopic (exact) mass is 324 g/mol. The first-order valence-corrected chi connectivity index (χ1v) is 6.42. The van der Waals surface area contributed by atoms with Crippen molar-refractivity contribution in [3.8, 4) is 11.4 Å². The van der Waals surface area contributed by atoms with Gasteiger partial charge in [-0.05, 0) is 40.2 Å². The fourth-order valence-corrected chi connectivity index (χ4v) is 2.20. The number of rotatable bonds is 1. The van der Waals surface area contributed by atoms with Crippen molar-refractivity contribution >= 4 is 38.6 Å². The Morgan fingerprint density at radius 3 is 2.78 bits per heavy atom. The molecule has 18 heavy (non-hydrogen) atoms. The Morgan fingerprint density at radius 2 is 2.06 bits per heavy atom. The molecule has 0 amide bonds. The van der Waals surface area contributed by atoms with Gasteiger partial charge in [0.15, 0.2) is 5.82 Å². The molecule has 2 nitrogen and oxygen atoms in total. The van der Waals surface area contributed by atoms with Crippen LogP contribution >= 0.6 is 27.5 Å². The minimum absolute atomic E-state index is 0.335. The lowest BCUT2D eigenvalue weighted by Gasteiger charge is -1.99. The van der Waals surface area contributed by atoms with Crippen molar-refractivity contribution in [2.45, 2.75) is 0 Å². The van der Waals surface area contributed by atoms with Crippen LogP contribution in [0, 0.1) is 5.82 Å². The number of aromatic nitrogens is 2. The molecule has 2 aromatic carbocycles. The summed E-state index contributed by atoms with van der Waals surface area (Å²) >= 11 is 9.36. The van der Waals surface area contributed by atoms with Gasteiger partial charge in [-0.25, -0.2) is 9.37 Å². The molecule has 0 atom stereocenters. The smallest absolute Gasteiger partial charge is 0.151 e. The van der Waals surface area contributed by atoms with Gasteiger partial charge in [-0.1, -0.05) is 23.7 Å². The zero-order chi connectivity index (χ0) is 12.7. The number of para-hydroxylation sites is 1. The minimum atomic E-state index is -0.335. The van der Waals surface area contributed by atoms with Crippen LogP contribution in [0.15, 0.2) is 40.9 Å². The number of benzene rings is 2. The van der Waals surface area contributed by atoms with Crippen LogP contribution in [0.25, 0.3) is 22.4 Å². The summed E-state index contributed by atoms with van der Waals surface area (Å²) < 4.78 is 14.4. The first-order valence-electron chi connectivity index (χ1n) is 5.25. The van der Waals surface area contributed by atoms with Gasteiger partial charge in [-0.3, -0.25) is 0 Å². The molecule has 1 heterocycles. The maximum absolute atomic E-state index is 13.5. The van der Waals surface area contributed by atoms with E-state index in [-0.39, 0.29) is 5.82 Å². The van der Waals surface area contributed by atoms with E-state index in [0.29, 0.717) is 21.9 Å². The third-order valence-corrected chi connectivity index (χ3v) is 3.89. The van der Waals surface area contributed by atoms with Crippen LogP contribution in [0.3, 0.4) is 0 Å². The lowest BCUT2D eigenvalue weighted by molar-refractivity contribution is 0.637. The topological polar surface area (TPSA) is 28.7 Å². The highest BCUT2D eigenvalue weighted by molar-refractivity contribution is 9.10. The number of imidazole rings is 1. The van der Waals surface area contributed by atoms with E-state index in [1.807, 2.05) is 12.1 Å². The highest BCUT2D eigenvalue weighted by Gasteiger charge is 2.09. The number of nitrogens with zero attached hydrogens (tertiary/aromatic N) is 1. The molecule has 0 aliphatic rings. The van der Waals surface area contributed by atoms with Gasteiger partial charge in [0.25, 0.3) is 0 Å². The van der Waals surface area contributed by atoms with Crippen molar-refractivity contribution in [3.63, 3.8) is 0 Å². The molecule has 0 unspecified atom stereocenters. The molecule has 0 aliphatic carbocycles. The molecule has 0 saturated carbocycles. The molecule has 3 aromatic rings. The second-order valence-electron chi connectivity index (χ2n) is 3.85. The van der Waals surface area contributed by atoms with Crippen LogP contribution in [0.1, 0.15) is 0 Å². The summed E-state index contributed by atoms with van der Waals surface area (Å²) in [6, 6.07) is 10.3. The molecule has 3 rings (SSSR count). The molecule has 1 N–H and O–H groups in total. The van der Waals surface area contributed by atoms with Gasteiger partial charge in [0.05, 0.1) is 10.5 Å². The van der Waals surface area contributed by atoms with Crippen molar-refractivity contribution in [1.82, 2.24) is 9.97 Å². The van der Waals surface area contributed by atoms with Gasteiger partial charge in [0, 0.05) is 10.0 Å². The minimum Gasteiger partial charge on any atom is -0.338 e. The highest BCUT2D eigenvalue weighted by atomic mass is 79.9. The van der Waals surface area contributed by atoms with E-state index < -0.39 is 0 Å². The van der Waals surface area contributed by atoms with Crippen LogP contribution in [-0.2, 0) is 0 Å². The Bertz CT molecular complexity index is 739. The van der Waals surface area contributed by atoms with Crippen molar-refractivity contribution in [2.24, 2.45) is 0 Å². The Morgan fingerprint density at radius 1 is 1.22 bits per heavy atom.